The molecule has 1 saturated heterocycles. The van der Waals surface area contributed by atoms with Gasteiger partial charge in [-0.15, -0.1) is 0 Å². The van der Waals surface area contributed by atoms with Crippen molar-refractivity contribution >= 4 is 21.6 Å². The van der Waals surface area contributed by atoms with Gasteiger partial charge in [-0.2, -0.15) is 4.31 Å². The quantitative estimate of drug-likeness (QED) is 0.927. The summed E-state index contributed by atoms with van der Waals surface area (Å²) in [6.45, 7) is 1.15. The molecule has 1 N–H and O–H groups in total. The summed E-state index contributed by atoms with van der Waals surface area (Å²) in [6.07, 6.45) is 2.48. The molecule has 1 aromatic carbocycles. The maximum Gasteiger partial charge on any atom is 0.243 e. The lowest BCUT2D eigenvalue weighted by Gasteiger charge is -2.31. The molecule has 0 saturated carbocycles. The molecule has 0 aromatic heterocycles. The fraction of sp³-hybridized carbons (Fsp3) is 0.538. The van der Waals surface area contributed by atoms with Crippen molar-refractivity contribution in [3.05, 3.63) is 29.3 Å². The molecule has 0 bridgehead atoms. The molecule has 0 amide bonds. The summed E-state index contributed by atoms with van der Waals surface area (Å²) in [7, 11) is -3.44. The smallest absolute Gasteiger partial charge is 0.243 e. The first kappa shape index (κ1) is 14.8. The summed E-state index contributed by atoms with van der Waals surface area (Å²) in [5.41, 5.74) is 0. The number of hydrogen-bond donors (Lipinski definition) is 1. The van der Waals surface area contributed by atoms with Crippen LogP contribution in [-0.4, -0.2) is 37.5 Å². The van der Waals surface area contributed by atoms with E-state index in [4.69, 9.17) is 16.7 Å². The van der Waals surface area contributed by atoms with Gasteiger partial charge in [-0.1, -0.05) is 11.6 Å². The van der Waals surface area contributed by atoms with Crippen LogP contribution in [0, 0.1) is 5.92 Å². The molecule has 1 aromatic rings. The van der Waals surface area contributed by atoms with Crippen molar-refractivity contribution in [2.45, 2.75) is 24.2 Å². The highest BCUT2D eigenvalue weighted by molar-refractivity contribution is 7.89. The number of rotatable bonds is 4. The van der Waals surface area contributed by atoms with Gasteiger partial charge in [-0.05, 0) is 49.4 Å². The van der Waals surface area contributed by atoms with Crippen LogP contribution in [0.5, 0.6) is 0 Å². The number of aliphatic hydroxyl groups is 1. The molecular weight excluding hydrogens is 286 g/mol. The summed E-state index contributed by atoms with van der Waals surface area (Å²) in [5, 5.41) is 9.50. The van der Waals surface area contributed by atoms with Gasteiger partial charge in [0.25, 0.3) is 0 Å². The zero-order chi connectivity index (χ0) is 13.9. The average Bonchev–Trinajstić information content (AvgIpc) is 2.40. The SMILES string of the molecule is O=S(=O)(c1ccc(Cl)cc1)N1CCCC(CCO)C1. The zero-order valence-corrected chi connectivity index (χ0v) is 12.2. The fourth-order valence-electron chi connectivity index (χ4n) is 2.42. The lowest BCUT2D eigenvalue weighted by Crippen LogP contribution is -2.40. The van der Waals surface area contributed by atoms with Gasteiger partial charge in [-0.3, -0.25) is 0 Å². The summed E-state index contributed by atoms with van der Waals surface area (Å²) < 4.78 is 26.5. The van der Waals surface area contributed by atoms with Crippen molar-refractivity contribution < 1.29 is 13.5 Å². The van der Waals surface area contributed by atoms with E-state index >= 15 is 0 Å². The molecule has 106 valence electrons. The maximum absolute atomic E-state index is 12.5. The molecule has 0 aliphatic carbocycles. The number of aliphatic hydroxyl groups excluding tert-OH is 1. The average molecular weight is 304 g/mol. The summed E-state index contributed by atoms with van der Waals surface area (Å²) in [6, 6.07) is 6.24. The Balaban J connectivity index is 2.17. The normalized spacial score (nSPS) is 21.5. The second-order valence-electron chi connectivity index (χ2n) is 4.84. The Morgan fingerprint density at radius 2 is 2.00 bits per heavy atom. The first-order chi connectivity index (χ1) is 9.04. The molecule has 4 nitrogen and oxygen atoms in total. The van der Waals surface area contributed by atoms with E-state index in [1.54, 1.807) is 12.1 Å². The number of sulfonamides is 1. The van der Waals surface area contributed by atoms with Crippen LogP contribution < -0.4 is 0 Å². The highest BCUT2D eigenvalue weighted by atomic mass is 35.5. The van der Waals surface area contributed by atoms with Crippen molar-refractivity contribution in [1.29, 1.82) is 0 Å². The molecule has 1 unspecified atom stereocenters. The molecule has 0 spiro atoms. The van der Waals surface area contributed by atoms with Crippen LogP contribution in [0.25, 0.3) is 0 Å². The van der Waals surface area contributed by atoms with Gasteiger partial charge in [0.1, 0.15) is 0 Å². The Hall–Kier alpha value is -0.620. The number of benzene rings is 1. The Labute approximate surface area is 119 Å². The summed E-state index contributed by atoms with van der Waals surface area (Å²) in [4.78, 5) is 0.279. The van der Waals surface area contributed by atoms with Crippen LogP contribution in [0.2, 0.25) is 5.02 Å². The highest BCUT2D eigenvalue weighted by Crippen LogP contribution is 2.25. The van der Waals surface area contributed by atoms with Crippen LogP contribution in [-0.2, 0) is 10.0 Å². The van der Waals surface area contributed by atoms with E-state index in [1.807, 2.05) is 0 Å². The van der Waals surface area contributed by atoms with Gasteiger partial charge in [0, 0.05) is 24.7 Å². The minimum absolute atomic E-state index is 0.111. The molecule has 1 aliphatic heterocycles. The molecule has 0 radical (unpaired) electrons. The van der Waals surface area contributed by atoms with E-state index in [9.17, 15) is 8.42 Å². The van der Waals surface area contributed by atoms with Crippen LogP contribution in [0.4, 0.5) is 0 Å². The van der Waals surface area contributed by atoms with Gasteiger partial charge in [0.05, 0.1) is 4.90 Å². The van der Waals surface area contributed by atoms with Gasteiger partial charge in [-0.25, -0.2) is 8.42 Å². The van der Waals surface area contributed by atoms with Crippen molar-refractivity contribution in [2.75, 3.05) is 19.7 Å². The molecule has 1 atom stereocenters. The Morgan fingerprint density at radius 3 is 2.63 bits per heavy atom. The second-order valence-corrected chi connectivity index (χ2v) is 7.21. The largest absolute Gasteiger partial charge is 0.396 e. The molecule has 1 aliphatic rings. The number of nitrogens with zero attached hydrogens (tertiary/aromatic N) is 1. The third-order valence-electron chi connectivity index (χ3n) is 3.47. The Kier molecular flexibility index (Phi) is 4.84. The van der Waals surface area contributed by atoms with Gasteiger partial charge in [0.2, 0.25) is 10.0 Å². The van der Waals surface area contributed by atoms with Crippen molar-refractivity contribution in [2.24, 2.45) is 5.92 Å². The maximum atomic E-state index is 12.5. The Morgan fingerprint density at radius 1 is 1.32 bits per heavy atom. The molecule has 1 heterocycles. The van der Waals surface area contributed by atoms with Crippen LogP contribution in [0.3, 0.4) is 0 Å². The number of piperidine rings is 1. The predicted octanol–water partition coefficient (Wildman–Crippen LogP) is 2.12. The predicted molar refractivity (Wildman–Crippen MR) is 74.6 cm³/mol. The monoisotopic (exact) mass is 303 g/mol. The highest BCUT2D eigenvalue weighted by Gasteiger charge is 2.29. The first-order valence-corrected chi connectivity index (χ1v) is 8.22. The van der Waals surface area contributed by atoms with Crippen LogP contribution in [0.1, 0.15) is 19.3 Å². The first-order valence-electron chi connectivity index (χ1n) is 6.40. The molecule has 2 rings (SSSR count). The van der Waals surface area contributed by atoms with Crippen molar-refractivity contribution in [1.82, 2.24) is 4.31 Å². The van der Waals surface area contributed by atoms with E-state index in [0.717, 1.165) is 12.8 Å². The Bertz CT molecular complexity index is 513. The van der Waals surface area contributed by atoms with E-state index in [-0.39, 0.29) is 17.4 Å². The van der Waals surface area contributed by atoms with Crippen molar-refractivity contribution in [3.63, 3.8) is 0 Å². The lowest BCUT2D eigenvalue weighted by molar-refractivity contribution is 0.203. The van der Waals surface area contributed by atoms with Gasteiger partial charge in [0.15, 0.2) is 0 Å². The standard InChI is InChI=1S/C13H18ClNO3S/c14-12-3-5-13(6-4-12)19(17,18)15-8-1-2-11(10-15)7-9-16/h3-6,11,16H,1-2,7-10H2. The topological polar surface area (TPSA) is 57.6 Å². The zero-order valence-electron chi connectivity index (χ0n) is 10.6. The molecular formula is C13H18ClNO3S. The summed E-state index contributed by atoms with van der Waals surface area (Å²) in [5.74, 6) is 0.251. The third-order valence-corrected chi connectivity index (χ3v) is 5.60. The van der Waals surface area contributed by atoms with Gasteiger partial charge >= 0.3 is 0 Å². The minimum atomic E-state index is -3.44. The second kappa shape index (κ2) is 6.22. The molecule has 6 heteroatoms. The van der Waals surface area contributed by atoms with Crippen LogP contribution >= 0.6 is 11.6 Å². The van der Waals surface area contributed by atoms with Crippen molar-refractivity contribution in [3.8, 4) is 0 Å². The third kappa shape index (κ3) is 3.48. The van der Waals surface area contributed by atoms with Crippen LogP contribution in [0.15, 0.2) is 29.2 Å². The van der Waals surface area contributed by atoms with Gasteiger partial charge < -0.3 is 5.11 Å². The van der Waals surface area contributed by atoms with E-state index < -0.39 is 10.0 Å². The van der Waals surface area contributed by atoms with E-state index in [2.05, 4.69) is 0 Å². The van der Waals surface area contributed by atoms with E-state index in [0.29, 0.717) is 24.5 Å². The number of hydrogen-bond acceptors (Lipinski definition) is 3. The minimum Gasteiger partial charge on any atom is -0.396 e. The summed E-state index contributed by atoms with van der Waals surface area (Å²) >= 11 is 5.78. The number of halogens is 1. The molecule has 1 fully saturated rings. The fourth-order valence-corrected chi connectivity index (χ4v) is 4.10. The molecule has 19 heavy (non-hydrogen) atoms. The van der Waals surface area contributed by atoms with E-state index in [1.165, 1.54) is 16.4 Å². The lowest BCUT2D eigenvalue weighted by atomic mass is 9.97.